The summed E-state index contributed by atoms with van der Waals surface area (Å²) < 4.78 is 5.12. The topological polar surface area (TPSA) is 66.8 Å². The molecule has 1 aromatic carbocycles. The molecule has 0 radical (unpaired) electrons. The first-order valence-electron chi connectivity index (χ1n) is 7.53. The highest BCUT2D eigenvalue weighted by Gasteiger charge is 2.26. The number of aliphatic carboxylic acids is 1. The summed E-state index contributed by atoms with van der Waals surface area (Å²) in [7, 11) is 1.59. The van der Waals surface area contributed by atoms with Crippen LogP contribution in [0.1, 0.15) is 38.7 Å². The zero-order valence-corrected chi connectivity index (χ0v) is 13.7. The number of hydrogen-bond donors (Lipinski definition) is 1. The summed E-state index contributed by atoms with van der Waals surface area (Å²) in [6.45, 7) is 6.05. The Morgan fingerprint density at radius 2 is 1.82 bits per heavy atom. The minimum Gasteiger partial charge on any atom is -0.497 e. The van der Waals surface area contributed by atoms with Gasteiger partial charge >= 0.3 is 5.97 Å². The molecule has 1 N–H and O–H groups in total. The molecule has 1 rings (SSSR count). The molecule has 0 aromatic heterocycles. The third-order valence-electron chi connectivity index (χ3n) is 3.45. The van der Waals surface area contributed by atoms with Gasteiger partial charge in [-0.2, -0.15) is 0 Å². The molecule has 1 unspecified atom stereocenters. The van der Waals surface area contributed by atoms with Crippen LogP contribution in [-0.4, -0.2) is 42.1 Å². The van der Waals surface area contributed by atoms with Gasteiger partial charge in [0.05, 0.1) is 13.0 Å². The van der Waals surface area contributed by atoms with Gasteiger partial charge in [0.15, 0.2) is 0 Å². The summed E-state index contributed by atoms with van der Waals surface area (Å²) in [5, 5.41) is 9.03. The highest BCUT2D eigenvalue weighted by molar-refractivity contribution is 5.86. The summed E-state index contributed by atoms with van der Waals surface area (Å²) in [5.74, 6) is -0.501. The van der Waals surface area contributed by atoms with Crippen molar-refractivity contribution in [3.63, 3.8) is 0 Å². The highest BCUT2D eigenvalue weighted by atomic mass is 16.5. The average molecular weight is 307 g/mol. The summed E-state index contributed by atoms with van der Waals surface area (Å²) >= 11 is 0. The SMILES string of the molecule is CCC(C(=O)N(CC(=O)O)CC(C)C)c1ccc(OC)cc1. The first kappa shape index (κ1) is 18.0. The molecule has 0 aliphatic rings. The Balaban J connectivity index is 2.97. The Morgan fingerprint density at radius 3 is 2.23 bits per heavy atom. The van der Waals surface area contributed by atoms with Crippen LogP contribution >= 0.6 is 0 Å². The molecule has 22 heavy (non-hydrogen) atoms. The van der Waals surface area contributed by atoms with E-state index in [9.17, 15) is 9.59 Å². The molecule has 5 nitrogen and oxygen atoms in total. The van der Waals surface area contributed by atoms with Crippen LogP contribution in [0.4, 0.5) is 0 Å². The number of carboxylic acid groups (broad SMARTS) is 1. The van der Waals surface area contributed by atoms with Gasteiger partial charge in [-0.05, 0) is 30.0 Å². The molecular formula is C17H25NO4. The van der Waals surface area contributed by atoms with Crippen molar-refractivity contribution in [2.75, 3.05) is 20.2 Å². The summed E-state index contributed by atoms with van der Waals surface area (Å²) in [5.41, 5.74) is 0.882. The van der Waals surface area contributed by atoms with Gasteiger partial charge in [0, 0.05) is 6.54 Å². The second-order valence-corrected chi connectivity index (χ2v) is 5.74. The van der Waals surface area contributed by atoms with Gasteiger partial charge in [0.25, 0.3) is 0 Å². The van der Waals surface area contributed by atoms with Gasteiger partial charge in [0.1, 0.15) is 12.3 Å². The minimum atomic E-state index is -0.987. The van der Waals surface area contributed by atoms with E-state index >= 15 is 0 Å². The quantitative estimate of drug-likeness (QED) is 0.802. The smallest absolute Gasteiger partial charge is 0.323 e. The average Bonchev–Trinajstić information content (AvgIpc) is 2.47. The van der Waals surface area contributed by atoms with E-state index in [1.165, 1.54) is 4.90 Å². The molecular weight excluding hydrogens is 282 g/mol. The summed E-state index contributed by atoms with van der Waals surface area (Å²) in [6, 6.07) is 7.35. The Kier molecular flexibility index (Phi) is 6.89. The van der Waals surface area contributed by atoms with E-state index in [4.69, 9.17) is 9.84 Å². The maximum absolute atomic E-state index is 12.7. The van der Waals surface area contributed by atoms with Crippen molar-refractivity contribution < 1.29 is 19.4 Å². The van der Waals surface area contributed by atoms with Gasteiger partial charge in [-0.3, -0.25) is 9.59 Å². The largest absolute Gasteiger partial charge is 0.497 e. The third-order valence-corrected chi connectivity index (χ3v) is 3.45. The Hall–Kier alpha value is -2.04. The van der Waals surface area contributed by atoms with Crippen molar-refractivity contribution in [3.05, 3.63) is 29.8 Å². The van der Waals surface area contributed by atoms with E-state index in [2.05, 4.69) is 0 Å². The first-order valence-corrected chi connectivity index (χ1v) is 7.53. The van der Waals surface area contributed by atoms with Crippen LogP contribution in [0.25, 0.3) is 0 Å². The lowest BCUT2D eigenvalue weighted by Gasteiger charge is -2.27. The zero-order valence-electron chi connectivity index (χ0n) is 13.7. The third kappa shape index (κ3) is 5.06. The number of carbonyl (C=O) groups excluding carboxylic acids is 1. The van der Waals surface area contributed by atoms with Crippen LogP contribution in [0.5, 0.6) is 5.75 Å². The van der Waals surface area contributed by atoms with Gasteiger partial charge in [-0.15, -0.1) is 0 Å². The number of nitrogens with zero attached hydrogens (tertiary/aromatic N) is 1. The summed E-state index contributed by atoms with van der Waals surface area (Å²) in [6.07, 6.45) is 0.624. The highest BCUT2D eigenvalue weighted by Crippen LogP contribution is 2.24. The molecule has 1 aromatic rings. The van der Waals surface area contributed by atoms with Crippen LogP contribution in [0, 0.1) is 5.92 Å². The number of ether oxygens (including phenoxy) is 1. The molecule has 5 heteroatoms. The predicted molar refractivity (Wildman–Crippen MR) is 85.1 cm³/mol. The molecule has 1 atom stereocenters. The second-order valence-electron chi connectivity index (χ2n) is 5.74. The molecule has 0 aliphatic carbocycles. The fraction of sp³-hybridized carbons (Fsp3) is 0.529. The second kappa shape index (κ2) is 8.41. The van der Waals surface area contributed by atoms with Gasteiger partial charge in [0.2, 0.25) is 5.91 Å². The number of carbonyl (C=O) groups is 2. The van der Waals surface area contributed by atoms with Crippen molar-refractivity contribution in [2.24, 2.45) is 5.92 Å². The van der Waals surface area contributed by atoms with Crippen LogP contribution in [-0.2, 0) is 9.59 Å². The van der Waals surface area contributed by atoms with Crippen LogP contribution < -0.4 is 4.74 Å². The maximum atomic E-state index is 12.7. The molecule has 0 saturated carbocycles. The number of carboxylic acids is 1. The number of hydrogen-bond acceptors (Lipinski definition) is 3. The van der Waals surface area contributed by atoms with Crippen molar-refractivity contribution >= 4 is 11.9 Å². The standard InChI is InChI=1S/C17H25NO4/c1-5-15(13-6-8-14(22-4)9-7-13)17(21)18(10-12(2)3)11-16(19)20/h6-9,12,15H,5,10-11H2,1-4H3,(H,19,20). The van der Waals surface area contributed by atoms with Crippen LogP contribution in [0.15, 0.2) is 24.3 Å². The number of amides is 1. The molecule has 0 spiro atoms. The van der Waals surface area contributed by atoms with E-state index in [0.29, 0.717) is 13.0 Å². The predicted octanol–water partition coefficient (Wildman–Crippen LogP) is 2.76. The van der Waals surface area contributed by atoms with E-state index in [1.54, 1.807) is 7.11 Å². The number of benzene rings is 1. The Labute approximate surface area is 131 Å². The normalized spacial score (nSPS) is 12.0. The molecule has 122 valence electrons. The molecule has 0 fully saturated rings. The molecule has 0 aliphatic heterocycles. The lowest BCUT2D eigenvalue weighted by Crippen LogP contribution is -2.41. The van der Waals surface area contributed by atoms with Gasteiger partial charge in [-0.1, -0.05) is 32.9 Å². The van der Waals surface area contributed by atoms with Gasteiger partial charge < -0.3 is 14.7 Å². The summed E-state index contributed by atoms with van der Waals surface area (Å²) in [4.78, 5) is 25.2. The lowest BCUT2D eigenvalue weighted by atomic mass is 9.94. The Bertz CT molecular complexity index is 496. The van der Waals surface area contributed by atoms with E-state index in [-0.39, 0.29) is 24.3 Å². The van der Waals surface area contributed by atoms with Crippen LogP contribution in [0.2, 0.25) is 0 Å². The molecule has 0 saturated heterocycles. The fourth-order valence-electron chi connectivity index (χ4n) is 2.45. The van der Waals surface area contributed by atoms with E-state index < -0.39 is 5.97 Å². The number of rotatable bonds is 8. The molecule has 0 bridgehead atoms. The van der Waals surface area contributed by atoms with Gasteiger partial charge in [-0.25, -0.2) is 0 Å². The molecule has 1 amide bonds. The van der Waals surface area contributed by atoms with Crippen LogP contribution in [0.3, 0.4) is 0 Å². The zero-order chi connectivity index (χ0) is 16.7. The van der Waals surface area contributed by atoms with E-state index in [1.807, 2.05) is 45.0 Å². The molecule has 0 heterocycles. The monoisotopic (exact) mass is 307 g/mol. The maximum Gasteiger partial charge on any atom is 0.323 e. The van der Waals surface area contributed by atoms with Crippen molar-refractivity contribution in [1.82, 2.24) is 4.90 Å². The number of methoxy groups -OCH3 is 1. The van der Waals surface area contributed by atoms with Crippen molar-refractivity contribution in [1.29, 1.82) is 0 Å². The fourth-order valence-corrected chi connectivity index (χ4v) is 2.45. The lowest BCUT2D eigenvalue weighted by molar-refractivity contribution is -0.145. The van der Waals surface area contributed by atoms with Crippen molar-refractivity contribution in [3.8, 4) is 5.75 Å². The first-order chi connectivity index (χ1) is 10.4. The van der Waals surface area contributed by atoms with E-state index in [0.717, 1.165) is 11.3 Å². The van der Waals surface area contributed by atoms with Crippen molar-refractivity contribution in [2.45, 2.75) is 33.1 Å². The Morgan fingerprint density at radius 1 is 1.23 bits per heavy atom. The minimum absolute atomic E-state index is 0.135.